The minimum atomic E-state index is -0.659. The zero-order valence-electron chi connectivity index (χ0n) is 11.1. The van der Waals surface area contributed by atoms with E-state index in [2.05, 4.69) is 26.0 Å². The minimum Gasteiger partial charge on any atom is -0.469 e. The highest BCUT2D eigenvalue weighted by Gasteiger charge is 2.11. The second kappa shape index (κ2) is 7.00. The lowest BCUT2D eigenvalue weighted by atomic mass is 10.3. The van der Waals surface area contributed by atoms with Crippen molar-refractivity contribution in [2.75, 3.05) is 12.4 Å². The SMILES string of the molecule is COC(=O)Cc1ccc(CNc2c(F)cc(Br)cc2F)s1. The molecule has 3 nitrogen and oxygen atoms in total. The molecule has 0 amide bonds. The van der Waals surface area contributed by atoms with E-state index in [4.69, 9.17) is 0 Å². The molecule has 0 saturated carbocycles. The molecule has 1 aromatic heterocycles. The maximum absolute atomic E-state index is 13.6. The van der Waals surface area contributed by atoms with E-state index in [1.807, 2.05) is 6.07 Å². The maximum Gasteiger partial charge on any atom is 0.310 e. The number of esters is 1. The average Bonchev–Trinajstić information content (AvgIpc) is 2.85. The molecule has 0 spiro atoms. The van der Waals surface area contributed by atoms with Gasteiger partial charge < -0.3 is 10.1 Å². The van der Waals surface area contributed by atoms with E-state index in [-0.39, 0.29) is 24.6 Å². The lowest BCUT2D eigenvalue weighted by Gasteiger charge is -2.08. The van der Waals surface area contributed by atoms with Gasteiger partial charge >= 0.3 is 5.97 Å². The van der Waals surface area contributed by atoms with Gasteiger partial charge in [-0.3, -0.25) is 4.79 Å². The molecule has 0 aliphatic rings. The van der Waals surface area contributed by atoms with Crippen molar-refractivity contribution in [2.24, 2.45) is 0 Å². The molecule has 0 bridgehead atoms. The Labute approximate surface area is 133 Å². The first-order valence-electron chi connectivity index (χ1n) is 6.02. The maximum atomic E-state index is 13.6. The number of nitrogens with one attached hydrogen (secondary N) is 1. The Hall–Kier alpha value is -1.47. The predicted octanol–water partition coefficient (Wildman–Crippen LogP) is 4.12. The average molecular weight is 376 g/mol. The van der Waals surface area contributed by atoms with Crippen LogP contribution in [0.15, 0.2) is 28.7 Å². The third-order valence-corrected chi connectivity index (χ3v) is 4.25. The molecule has 0 aliphatic heterocycles. The van der Waals surface area contributed by atoms with E-state index >= 15 is 0 Å². The molecule has 21 heavy (non-hydrogen) atoms. The van der Waals surface area contributed by atoms with Crippen molar-refractivity contribution < 1.29 is 18.3 Å². The fourth-order valence-electron chi connectivity index (χ4n) is 1.71. The van der Waals surface area contributed by atoms with Gasteiger partial charge in [0.2, 0.25) is 0 Å². The number of carbonyl (C=O) groups is 1. The number of ether oxygens (including phenoxy) is 1. The fraction of sp³-hybridized carbons (Fsp3) is 0.214. The quantitative estimate of drug-likeness (QED) is 0.798. The lowest BCUT2D eigenvalue weighted by Crippen LogP contribution is -2.03. The van der Waals surface area contributed by atoms with Gasteiger partial charge in [-0.25, -0.2) is 8.78 Å². The summed E-state index contributed by atoms with van der Waals surface area (Å²) in [4.78, 5) is 12.9. The number of benzene rings is 1. The molecule has 1 N–H and O–H groups in total. The van der Waals surface area contributed by atoms with Gasteiger partial charge in [0.05, 0.1) is 13.5 Å². The van der Waals surface area contributed by atoms with Crippen LogP contribution in [0.25, 0.3) is 0 Å². The largest absolute Gasteiger partial charge is 0.469 e. The van der Waals surface area contributed by atoms with Crippen molar-refractivity contribution >= 4 is 38.9 Å². The summed E-state index contributed by atoms with van der Waals surface area (Å²) < 4.78 is 32.2. The Bertz CT molecular complexity index is 637. The Morgan fingerprint density at radius 2 is 1.90 bits per heavy atom. The molecule has 112 valence electrons. The first-order chi connectivity index (χ1) is 9.99. The molecule has 0 radical (unpaired) electrons. The number of hydrogen-bond acceptors (Lipinski definition) is 4. The van der Waals surface area contributed by atoms with E-state index in [9.17, 15) is 13.6 Å². The zero-order chi connectivity index (χ0) is 15.4. The van der Waals surface area contributed by atoms with Crippen molar-refractivity contribution in [2.45, 2.75) is 13.0 Å². The number of rotatable bonds is 5. The van der Waals surface area contributed by atoms with Crippen LogP contribution in [-0.2, 0) is 22.5 Å². The molecule has 1 heterocycles. The highest BCUT2D eigenvalue weighted by molar-refractivity contribution is 9.10. The van der Waals surface area contributed by atoms with Gasteiger partial charge in [0, 0.05) is 20.8 Å². The molecule has 0 fully saturated rings. The van der Waals surface area contributed by atoms with E-state index in [0.29, 0.717) is 4.47 Å². The van der Waals surface area contributed by atoms with E-state index in [1.165, 1.54) is 30.6 Å². The number of hydrogen-bond donors (Lipinski definition) is 1. The molecule has 7 heteroatoms. The van der Waals surface area contributed by atoms with Gasteiger partial charge in [0.1, 0.15) is 17.3 Å². The summed E-state index contributed by atoms with van der Waals surface area (Å²) in [5.41, 5.74) is -0.166. The Kier molecular flexibility index (Phi) is 5.30. The van der Waals surface area contributed by atoms with Gasteiger partial charge in [0.15, 0.2) is 0 Å². The number of methoxy groups -OCH3 is 1. The second-order valence-corrected chi connectivity index (χ2v) is 6.39. The molecular formula is C14H12BrF2NO2S. The Morgan fingerprint density at radius 1 is 1.29 bits per heavy atom. The molecule has 2 aromatic rings. The van der Waals surface area contributed by atoms with E-state index in [1.54, 1.807) is 6.07 Å². The second-order valence-electron chi connectivity index (χ2n) is 4.22. The molecule has 0 aliphatic carbocycles. The van der Waals surface area contributed by atoms with Gasteiger partial charge in [-0.05, 0) is 24.3 Å². The molecule has 0 saturated heterocycles. The molecular weight excluding hydrogens is 364 g/mol. The van der Waals surface area contributed by atoms with Crippen LogP contribution >= 0.6 is 27.3 Å². The van der Waals surface area contributed by atoms with E-state index < -0.39 is 11.6 Å². The van der Waals surface area contributed by atoms with E-state index in [0.717, 1.165) is 9.75 Å². The number of halogens is 3. The van der Waals surface area contributed by atoms with Crippen LogP contribution in [0.1, 0.15) is 9.75 Å². The van der Waals surface area contributed by atoms with Crippen molar-refractivity contribution in [3.8, 4) is 0 Å². The highest BCUT2D eigenvalue weighted by atomic mass is 79.9. The van der Waals surface area contributed by atoms with Crippen molar-refractivity contribution in [1.29, 1.82) is 0 Å². The summed E-state index contributed by atoms with van der Waals surface area (Å²) in [6.07, 6.45) is 0.197. The van der Waals surface area contributed by atoms with Gasteiger partial charge in [0.25, 0.3) is 0 Å². The molecule has 0 atom stereocenters. The third kappa shape index (κ3) is 4.25. The van der Waals surface area contributed by atoms with Crippen LogP contribution in [0.2, 0.25) is 0 Å². The molecule has 1 aromatic carbocycles. The molecule has 2 rings (SSSR count). The Morgan fingerprint density at radius 3 is 2.52 bits per heavy atom. The summed E-state index contributed by atoms with van der Waals surface area (Å²) in [7, 11) is 1.33. The first kappa shape index (κ1) is 15.9. The number of thiophene rings is 1. The highest BCUT2D eigenvalue weighted by Crippen LogP contribution is 2.25. The van der Waals surface area contributed by atoms with Crippen LogP contribution in [0.5, 0.6) is 0 Å². The van der Waals surface area contributed by atoms with Crippen LogP contribution in [0.4, 0.5) is 14.5 Å². The fourth-order valence-corrected chi connectivity index (χ4v) is 3.06. The minimum absolute atomic E-state index is 0.166. The van der Waals surface area contributed by atoms with Crippen molar-refractivity contribution in [3.63, 3.8) is 0 Å². The van der Waals surface area contributed by atoms with Crippen LogP contribution in [0, 0.1) is 11.6 Å². The summed E-state index contributed by atoms with van der Waals surface area (Å²) in [5, 5.41) is 2.73. The van der Waals surface area contributed by atoms with Gasteiger partial charge in [-0.1, -0.05) is 15.9 Å². The Balaban J connectivity index is 2.02. The number of carbonyl (C=O) groups excluding carboxylic acids is 1. The summed E-state index contributed by atoms with van der Waals surface area (Å²) in [6.45, 7) is 0.279. The third-order valence-electron chi connectivity index (χ3n) is 2.71. The van der Waals surface area contributed by atoms with Crippen LogP contribution in [0.3, 0.4) is 0 Å². The summed E-state index contributed by atoms with van der Waals surface area (Å²) >= 11 is 4.42. The zero-order valence-corrected chi connectivity index (χ0v) is 13.5. The van der Waals surface area contributed by atoms with Crippen molar-refractivity contribution in [1.82, 2.24) is 0 Å². The molecule has 0 unspecified atom stereocenters. The topological polar surface area (TPSA) is 38.3 Å². The first-order valence-corrected chi connectivity index (χ1v) is 7.63. The van der Waals surface area contributed by atoms with Crippen molar-refractivity contribution in [3.05, 3.63) is 50.1 Å². The summed E-state index contributed by atoms with van der Waals surface area (Å²) in [6, 6.07) is 6.00. The van der Waals surface area contributed by atoms with Gasteiger partial charge in [-0.15, -0.1) is 11.3 Å². The van der Waals surface area contributed by atoms with Gasteiger partial charge in [-0.2, -0.15) is 0 Å². The van der Waals surface area contributed by atoms with Crippen LogP contribution < -0.4 is 5.32 Å². The lowest BCUT2D eigenvalue weighted by molar-refractivity contribution is -0.139. The summed E-state index contributed by atoms with van der Waals surface area (Å²) in [5.74, 6) is -1.64. The standard InChI is InChI=1S/C14H12BrF2NO2S/c1-20-13(19)6-9-2-3-10(21-9)7-18-14-11(16)4-8(15)5-12(14)17/h2-5,18H,6-7H2,1H3. The normalized spacial score (nSPS) is 10.5. The monoisotopic (exact) mass is 375 g/mol. The van der Waals surface area contributed by atoms with Crippen LogP contribution in [-0.4, -0.2) is 13.1 Å². The number of anilines is 1. The predicted molar refractivity (Wildman–Crippen MR) is 81.4 cm³/mol. The smallest absolute Gasteiger partial charge is 0.310 e.